The number of hydrogen-bond donors (Lipinski definition) is 0. The molecule has 0 aromatic heterocycles. The zero-order valence-corrected chi connectivity index (χ0v) is 20.7. The molecule has 2 aromatic carbocycles. The van der Waals surface area contributed by atoms with E-state index in [4.69, 9.17) is 4.74 Å². The fraction of sp³-hybridized carbons (Fsp3) is 0.500. The summed E-state index contributed by atoms with van der Waals surface area (Å²) in [5.41, 5.74) is 2.03. The van der Waals surface area contributed by atoms with Crippen molar-refractivity contribution in [1.82, 2.24) is 9.80 Å². The number of amides is 2. The first-order valence-corrected chi connectivity index (χ1v) is 12.1. The maximum atomic E-state index is 13.3. The van der Waals surface area contributed by atoms with E-state index in [1.54, 1.807) is 0 Å². The third kappa shape index (κ3) is 6.37. The van der Waals surface area contributed by atoms with Gasteiger partial charge in [-0.25, -0.2) is 0 Å². The Kier molecular flexibility index (Phi) is 8.17. The second-order valence-electron chi connectivity index (χ2n) is 9.96. The molecular formula is C28H38N2O3. The summed E-state index contributed by atoms with van der Waals surface area (Å²) >= 11 is 0. The molecular weight excluding hydrogens is 412 g/mol. The van der Waals surface area contributed by atoms with Gasteiger partial charge in [-0.3, -0.25) is 9.59 Å². The monoisotopic (exact) mass is 450 g/mol. The third-order valence-corrected chi connectivity index (χ3v) is 6.34. The summed E-state index contributed by atoms with van der Waals surface area (Å²) in [5.74, 6) is 0.797. The normalized spacial score (nSPS) is 15.7. The number of benzene rings is 2. The van der Waals surface area contributed by atoms with Crippen molar-refractivity contribution in [3.05, 3.63) is 65.7 Å². The molecule has 1 saturated heterocycles. The fourth-order valence-corrected chi connectivity index (χ4v) is 4.38. The second-order valence-corrected chi connectivity index (χ2v) is 9.96. The molecule has 1 aliphatic rings. The topological polar surface area (TPSA) is 49.9 Å². The van der Waals surface area contributed by atoms with E-state index in [9.17, 15) is 9.59 Å². The molecule has 1 unspecified atom stereocenters. The van der Waals surface area contributed by atoms with Crippen molar-refractivity contribution in [3.63, 3.8) is 0 Å². The molecule has 1 aliphatic heterocycles. The van der Waals surface area contributed by atoms with E-state index in [2.05, 4.69) is 39.8 Å². The molecule has 0 aliphatic carbocycles. The lowest BCUT2D eigenvalue weighted by atomic mass is 9.87. The first kappa shape index (κ1) is 24.8. The number of nitrogens with zero attached hydrogens (tertiary/aromatic N) is 2. The highest BCUT2D eigenvalue weighted by atomic mass is 16.5. The van der Waals surface area contributed by atoms with Crippen LogP contribution in [-0.2, 0) is 10.2 Å². The van der Waals surface area contributed by atoms with E-state index in [0.717, 1.165) is 24.8 Å². The Morgan fingerprint density at radius 3 is 2.18 bits per heavy atom. The van der Waals surface area contributed by atoms with Gasteiger partial charge < -0.3 is 14.5 Å². The fourth-order valence-electron chi connectivity index (χ4n) is 4.38. The molecule has 2 amide bonds. The average molecular weight is 451 g/mol. The van der Waals surface area contributed by atoms with Crippen LogP contribution >= 0.6 is 0 Å². The van der Waals surface area contributed by atoms with E-state index < -0.39 is 6.10 Å². The molecule has 0 bridgehead atoms. The summed E-state index contributed by atoms with van der Waals surface area (Å²) in [5, 5.41) is 0. The van der Waals surface area contributed by atoms with Gasteiger partial charge in [0.05, 0.1) is 0 Å². The van der Waals surface area contributed by atoms with Gasteiger partial charge in [0.25, 0.3) is 11.8 Å². The molecule has 1 atom stereocenters. The Balaban J connectivity index is 1.60. The standard InChI is InChI=1S/C28H38N2O3/c1-6-18-30(24-16-19-29(20-17-24)27(32)22-10-8-7-9-11-22)26(31)21(2)33-25-14-12-23(13-15-25)28(3,4)5/h7-15,21,24H,6,16-20H2,1-5H3. The second kappa shape index (κ2) is 10.9. The van der Waals surface area contributed by atoms with Gasteiger partial charge in [0.2, 0.25) is 0 Å². The summed E-state index contributed by atoms with van der Waals surface area (Å²) in [6.07, 6.45) is 1.91. The molecule has 1 heterocycles. The van der Waals surface area contributed by atoms with Crippen molar-refractivity contribution in [2.24, 2.45) is 0 Å². The van der Waals surface area contributed by atoms with Crippen LogP contribution in [0.4, 0.5) is 0 Å². The molecule has 0 saturated carbocycles. The maximum Gasteiger partial charge on any atom is 0.263 e. The predicted octanol–water partition coefficient (Wildman–Crippen LogP) is 5.29. The predicted molar refractivity (Wildman–Crippen MR) is 133 cm³/mol. The Bertz CT molecular complexity index is 910. The lowest BCUT2D eigenvalue weighted by Gasteiger charge is -2.39. The van der Waals surface area contributed by atoms with Crippen molar-refractivity contribution in [2.45, 2.75) is 71.4 Å². The van der Waals surface area contributed by atoms with E-state index in [1.165, 1.54) is 5.56 Å². The van der Waals surface area contributed by atoms with Crippen molar-refractivity contribution in [1.29, 1.82) is 0 Å². The Morgan fingerprint density at radius 2 is 1.64 bits per heavy atom. The van der Waals surface area contributed by atoms with Crippen molar-refractivity contribution in [3.8, 4) is 5.75 Å². The summed E-state index contributed by atoms with van der Waals surface area (Å²) in [6, 6.07) is 17.6. The van der Waals surface area contributed by atoms with E-state index in [-0.39, 0.29) is 23.3 Å². The number of likely N-dealkylation sites (tertiary alicyclic amines) is 1. The third-order valence-electron chi connectivity index (χ3n) is 6.34. The van der Waals surface area contributed by atoms with Gasteiger partial charge in [-0.2, -0.15) is 0 Å². The van der Waals surface area contributed by atoms with E-state index in [1.807, 2.05) is 59.2 Å². The van der Waals surface area contributed by atoms with Crippen molar-refractivity contribution in [2.75, 3.05) is 19.6 Å². The minimum Gasteiger partial charge on any atom is -0.481 e. The van der Waals surface area contributed by atoms with Crippen LogP contribution in [-0.4, -0.2) is 53.4 Å². The molecule has 0 spiro atoms. The largest absolute Gasteiger partial charge is 0.481 e. The van der Waals surface area contributed by atoms with Crippen LogP contribution in [0.3, 0.4) is 0 Å². The number of carbonyl (C=O) groups excluding carboxylic acids is 2. The van der Waals surface area contributed by atoms with Crippen LogP contribution in [0.1, 0.15) is 69.8 Å². The lowest BCUT2D eigenvalue weighted by Crippen LogP contribution is -2.52. The van der Waals surface area contributed by atoms with Crippen LogP contribution in [0.5, 0.6) is 5.75 Å². The summed E-state index contributed by atoms with van der Waals surface area (Å²) in [7, 11) is 0. The molecule has 5 nitrogen and oxygen atoms in total. The average Bonchev–Trinajstić information content (AvgIpc) is 2.82. The highest BCUT2D eigenvalue weighted by Crippen LogP contribution is 2.25. The van der Waals surface area contributed by atoms with Crippen molar-refractivity contribution >= 4 is 11.8 Å². The highest BCUT2D eigenvalue weighted by molar-refractivity contribution is 5.94. The molecule has 0 radical (unpaired) electrons. The molecule has 1 fully saturated rings. The molecule has 33 heavy (non-hydrogen) atoms. The zero-order valence-electron chi connectivity index (χ0n) is 20.7. The molecule has 5 heteroatoms. The van der Waals surface area contributed by atoms with Gasteiger partial charge >= 0.3 is 0 Å². The number of rotatable bonds is 7. The van der Waals surface area contributed by atoms with Crippen LogP contribution < -0.4 is 4.74 Å². The van der Waals surface area contributed by atoms with Gasteiger partial charge in [-0.1, -0.05) is 58.0 Å². The maximum absolute atomic E-state index is 13.3. The Labute approximate surface area is 198 Å². The van der Waals surface area contributed by atoms with Gasteiger partial charge in [0.1, 0.15) is 5.75 Å². The number of piperidine rings is 1. The van der Waals surface area contributed by atoms with Crippen LogP contribution in [0.2, 0.25) is 0 Å². The van der Waals surface area contributed by atoms with Gasteiger partial charge in [0.15, 0.2) is 6.10 Å². The van der Waals surface area contributed by atoms with E-state index in [0.29, 0.717) is 25.4 Å². The van der Waals surface area contributed by atoms with Gasteiger partial charge in [-0.15, -0.1) is 0 Å². The van der Waals surface area contributed by atoms with E-state index >= 15 is 0 Å². The number of hydrogen-bond acceptors (Lipinski definition) is 3. The van der Waals surface area contributed by atoms with Gasteiger partial charge in [0, 0.05) is 31.2 Å². The zero-order chi connectivity index (χ0) is 24.0. The molecule has 3 rings (SSSR count). The first-order valence-electron chi connectivity index (χ1n) is 12.1. The van der Waals surface area contributed by atoms with Crippen molar-refractivity contribution < 1.29 is 14.3 Å². The quantitative estimate of drug-likeness (QED) is 0.576. The minimum atomic E-state index is -0.555. The summed E-state index contributed by atoms with van der Waals surface area (Å²) < 4.78 is 6.02. The Hall–Kier alpha value is -2.82. The van der Waals surface area contributed by atoms with Crippen LogP contribution in [0, 0.1) is 0 Å². The minimum absolute atomic E-state index is 0.0181. The SMILES string of the molecule is CCCN(C(=O)C(C)Oc1ccc(C(C)(C)C)cc1)C1CCN(C(=O)c2ccccc2)CC1. The number of carbonyl (C=O) groups is 2. The van der Waals surface area contributed by atoms with Crippen LogP contribution in [0.15, 0.2) is 54.6 Å². The molecule has 178 valence electrons. The molecule has 0 N–H and O–H groups in total. The Morgan fingerprint density at radius 1 is 1.03 bits per heavy atom. The van der Waals surface area contributed by atoms with Gasteiger partial charge in [-0.05, 0) is 61.4 Å². The number of ether oxygens (including phenoxy) is 1. The smallest absolute Gasteiger partial charge is 0.263 e. The summed E-state index contributed by atoms with van der Waals surface area (Å²) in [6.45, 7) is 12.5. The van der Waals surface area contributed by atoms with Crippen LogP contribution in [0.25, 0.3) is 0 Å². The lowest BCUT2D eigenvalue weighted by molar-refractivity contribution is -0.141. The highest BCUT2D eigenvalue weighted by Gasteiger charge is 2.32. The summed E-state index contributed by atoms with van der Waals surface area (Å²) in [4.78, 5) is 29.9. The molecule has 2 aromatic rings. The first-order chi connectivity index (χ1) is 15.7.